The maximum Gasteiger partial charge on any atom is 0.258 e. The monoisotopic (exact) mass is 520 g/mol. The smallest absolute Gasteiger partial charge is 0.258 e. The summed E-state index contributed by atoms with van der Waals surface area (Å²) in [6.07, 6.45) is 2.48. The lowest BCUT2D eigenvalue weighted by Gasteiger charge is -2.34. The van der Waals surface area contributed by atoms with E-state index in [0.717, 1.165) is 18.2 Å². The van der Waals surface area contributed by atoms with Gasteiger partial charge in [0.25, 0.3) is 5.89 Å². The number of nitrogens with zero attached hydrogens (tertiary/aromatic N) is 4. The number of rotatable bonds is 7. The number of sulfonamides is 1. The number of amides is 1. The third-order valence-corrected chi connectivity index (χ3v) is 7.63. The van der Waals surface area contributed by atoms with Crippen LogP contribution in [-0.4, -0.2) is 59.6 Å². The van der Waals surface area contributed by atoms with Crippen molar-refractivity contribution in [3.8, 4) is 23.0 Å². The van der Waals surface area contributed by atoms with Gasteiger partial charge in [0.2, 0.25) is 15.9 Å². The maximum atomic E-state index is 14.0. The Morgan fingerprint density at radius 1 is 1.23 bits per heavy atom. The molecule has 2 fully saturated rings. The van der Waals surface area contributed by atoms with Gasteiger partial charge < -0.3 is 14.2 Å². The highest BCUT2D eigenvalue weighted by Crippen LogP contribution is 2.34. The van der Waals surface area contributed by atoms with Gasteiger partial charge in [-0.25, -0.2) is 17.1 Å². The summed E-state index contributed by atoms with van der Waals surface area (Å²) in [5.74, 6) is 0.651. The number of ether oxygens (including phenoxy) is 1. The average molecular weight is 521 g/mol. The molecule has 0 N–H and O–H groups in total. The molecule has 1 aromatic heterocycles. The van der Waals surface area contributed by atoms with Crippen molar-refractivity contribution in [2.75, 3.05) is 25.9 Å². The Morgan fingerprint density at radius 3 is 2.71 bits per heavy atom. The molecule has 3 heterocycles. The van der Waals surface area contributed by atoms with Crippen LogP contribution >= 0.6 is 11.6 Å². The van der Waals surface area contributed by atoms with Crippen molar-refractivity contribution in [3.63, 3.8) is 0 Å². The predicted molar refractivity (Wildman–Crippen MR) is 125 cm³/mol. The van der Waals surface area contributed by atoms with Crippen LogP contribution in [-0.2, 0) is 21.4 Å². The van der Waals surface area contributed by atoms with Crippen LogP contribution in [0.3, 0.4) is 0 Å². The van der Waals surface area contributed by atoms with Crippen LogP contribution in [0.1, 0.15) is 30.1 Å². The normalized spacial score (nSPS) is 17.1. The molecule has 2 aromatic carbocycles. The number of carbonyl (C=O) groups excluding carboxylic acids is 1. The van der Waals surface area contributed by atoms with Gasteiger partial charge in [0.05, 0.1) is 17.2 Å². The summed E-state index contributed by atoms with van der Waals surface area (Å²) in [6, 6.07) is 9.44. The molecule has 2 aliphatic rings. The van der Waals surface area contributed by atoms with Gasteiger partial charge in [0, 0.05) is 49.8 Å². The lowest BCUT2D eigenvalue weighted by atomic mass is 10.0. The fourth-order valence-corrected chi connectivity index (χ4v) is 5.07. The van der Waals surface area contributed by atoms with Crippen molar-refractivity contribution in [2.24, 2.45) is 0 Å². The van der Waals surface area contributed by atoms with E-state index < -0.39 is 15.8 Å². The van der Waals surface area contributed by atoms with E-state index in [2.05, 4.69) is 10.1 Å². The van der Waals surface area contributed by atoms with E-state index >= 15 is 0 Å². The van der Waals surface area contributed by atoms with Crippen molar-refractivity contribution >= 4 is 27.5 Å². The van der Waals surface area contributed by atoms with Gasteiger partial charge in [-0.05, 0) is 30.7 Å². The van der Waals surface area contributed by atoms with E-state index in [0.29, 0.717) is 49.7 Å². The lowest BCUT2D eigenvalue weighted by molar-refractivity contribution is -0.128. The molecular formula is C23H22ClFN4O5S. The topological polar surface area (TPSA) is 106 Å². The van der Waals surface area contributed by atoms with Crippen LogP contribution < -0.4 is 4.74 Å². The van der Waals surface area contributed by atoms with E-state index in [-0.39, 0.29) is 28.5 Å². The Balaban J connectivity index is 1.42. The van der Waals surface area contributed by atoms with E-state index in [1.807, 2.05) is 0 Å². The second kappa shape index (κ2) is 9.21. The molecule has 0 bridgehead atoms. The molecule has 5 rings (SSSR count). The Hall–Kier alpha value is -3.02. The first-order chi connectivity index (χ1) is 16.7. The van der Waals surface area contributed by atoms with Gasteiger partial charge >= 0.3 is 0 Å². The molecule has 12 heteroatoms. The third-order valence-electron chi connectivity index (χ3n) is 6.09. The third kappa shape index (κ3) is 5.02. The van der Waals surface area contributed by atoms with Crippen LogP contribution in [0.2, 0.25) is 5.02 Å². The molecule has 0 spiro atoms. The number of hydrogen-bond donors (Lipinski definition) is 0. The van der Waals surface area contributed by atoms with Gasteiger partial charge in [-0.1, -0.05) is 22.8 Å². The summed E-state index contributed by atoms with van der Waals surface area (Å²) in [5.41, 5.74) is 1.31. The minimum atomic E-state index is -3.24. The van der Waals surface area contributed by atoms with Crippen LogP contribution in [0.15, 0.2) is 40.9 Å². The molecule has 184 valence electrons. The first kappa shape index (κ1) is 23.7. The van der Waals surface area contributed by atoms with Crippen LogP contribution in [0.25, 0.3) is 11.5 Å². The summed E-state index contributed by atoms with van der Waals surface area (Å²) in [7, 11) is -3.24. The van der Waals surface area contributed by atoms with Crippen LogP contribution in [0, 0.1) is 5.82 Å². The number of likely N-dealkylation sites (tertiary alicyclic amines) is 1. The first-order valence-electron chi connectivity index (χ1n) is 11.0. The maximum absolute atomic E-state index is 14.0. The molecule has 2 saturated heterocycles. The van der Waals surface area contributed by atoms with Crippen molar-refractivity contribution in [2.45, 2.75) is 25.3 Å². The van der Waals surface area contributed by atoms with E-state index in [4.69, 9.17) is 20.9 Å². The van der Waals surface area contributed by atoms with E-state index in [1.165, 1.54) is 16.4 Å². The molecule has 9 nitrogen and oxygen atoms in total. The van der Waals surface area contributed by atoms with Gasteiger partial charge in [-0.2, -0.15) is 4.98 Å². The fourth-order valence-electron chi connectivity index (χ4n) is 4.05. The first-order valence-corrected chi connectivity index (χ1v) is 13.2. The Bertz CT molecular complexity index is 1390. The summed E-state index contributed by atoms with van der Waals surface area (Å²) in [5, 5.41) is 4.00. The average Bonchev–Trinajstić information content (AvgIpc) is 3.39. The standard InChI is InChI=1S/C23H22ClFN4O5S/c1-35(31,32)29-12-16(13-29)22-26-23(34-27-22)14-4-5-15(11-28-8-2-3-21(28)30)20(9-14)33-17-6-7-18(24)19(25)10-17/h4-7,9-10,16H,2-3,8,11-13H2,1H3. The zero-order valence-electron chi connectivity index (χ0n) is 18.8. The Morgan fingerprint density at radius 2 is 2.03 bits per heavy atom. The van der Waals surface area contributed by atoms with E-state index in [1.54, 1.807) is 29.2 Å². The van der Waals surface area contributed by atoms with Crippen molar-refractivity contribution in [1.82, 2.24) is 19.3 Å². The van der Waals surface area contributed by atoms with Gasteiger partial charge in [0.15, 0.2) is 5.82 Å². The molecule has 0 saturated carbocycles. The number of benzene rings is 2. The Kier molecular flexibility index (Phi) is 6.24. The minimum Gasteiger partial charge on any atom is -0.457 e. The number of halogens is 2. The van der Waals surface area contributed by atoms with E-state index in [9.17, 15) is 17.6 Å². The predicted octanol–water partition coefficient (Wildman–Crippen LogP) is 3.80. The van der Waals surface area contributed by atoms with Crippen molar-refractivity contribution in [1.29, 1.82) is 0 Å². The SMILES string of the molecule is CS(=O)(=O)N1CC(c2noc(-c3ccc(CN4CCCC4=O)c(Oc4ccc(Cl)c(F)c4)c3)n2)C1. The fraction of sp³-hybridized carbons (Fsp3) is 0.348. The van der Waals surface area contributed by atoms with Crippen molar-refractivity contribution < 1.29 is 26.9 Å². The zero-order valence-corrected chi connectivity index (χ0v) is 20.4. The molecule has 3 aromatic rings. The summed E-state index contributed by atoms with van der Waals surface area (Å²) < 4.78 is 50.0. The largest absolute Gasteiger partial charge is 0.457 e. The highest BCUT2D eigenvalue weighted by atomic mass is 35.5. The lowest BCUT2D eigenvalue weighted by Crippen LogP contribution is -2.48. The quantitative estimate of drug-likeness (QED) is 0.466. The van der Waals surface area contributed by atoms with Crippen molar-refractivity contribution in [3.05, 3.63) is 58.6 Å². The minimum absolute atomic E-state index is 0.0159. The summed E-state index contributed by atoms with van der Waals surface area (Å²) >= 11 is 5.79. The van der Waals surface area contributed by atoms with Crippen LogP contribution in [0.4, 0.5) is 4.39 Å². The Labute approximate surface area is 206 Å². The molecular weight excluding hydrogens is 499 g/mol. The van der Waals surface area contributed by atoms with Crippen LogP contribution in [0.5, 0.6) is 11.5 Å². The molecule has 0 unspecified atom stereocenters. The molecule has 0 atom stereocenters. The molecule has 0 aliphatic carbocycles. The number of hydrogen-bond acceptors (Lipinski definition) is 7. The highest BCUT2D eigenvalue weighted by Gasteiger charge is 2.37. The summed E-state index contributed by atoms with van der Waals surface area (Å²) in [6.45, 7) is 1.62. The van der Waals surface area contributed by atoms with Gasteiger partial charge in [0.1, 0.15) is 17.3 Å². The van der Waals surface area contributed by atoms with Gasteiger partial charge in [-0.15, -0.1) is 0 Å². The van der Waals surface area contributed by atoms with Gasteiger partial charge in [-0.3, -0.25) is 4.79 Å². The highest BCUT2D eigenvalue weighted by molar-refractivity contribution is 7.88. The summed E-state index contributed by atoms with van der Waals surface area (Å²) in [4.78, 5) is 18.3. The zero-order chi connectivity index (χ0) is 24.7. The number of aromatic nitrogens is 2. The molecule has 1 amide bonds. The molecule has 2 aliphatic heterocycles. The second-order valence-corrected chi connectivity index (χ2v) is 11.0. The molecule has 35 heavy (non-hydrogen) atoms. The number of carbonyl (C=O) groups is 1. The second-order valence-electron chi connectivity index (χ2n) is 8.65. The molecule has 0 radical (unpaired) electrons.